The second-order valence-corrected chi connectivity index (χ2v) is 7.27. The number of carbonyl (C=O) groups is 2. The van der Waals surface area contributed by atoms with Gasteiger partial charge in [0.25, 0.3) is 11.7 Å². The number of nitrogens with zero attached hydrogens (tertiary/aromatic N) is 3. The van der Waals surface area contributed by atoms with Crippen LogP contribution < -0.4 is 4.74 Å². The molecule has 1 saturated heterocycles. The van der Waals surface area contributed by atoms with Crippen LogP contribution in [0.25, 0.3) is 5.76 Å². The SMILES string of the molecule is COc1ccc(C(O)=C2C(=O)C(=O)N(CCN(C)C)[C@H]2c2cccnc2)cc1C. The van der Waals surface area contributed by atoms with E-state index in [4.69, 9.17) is 4.74 Å². The molecule has 7 nitrogen and oxygen atoms in total. The number of likely N-dealkylation sites (tertiary alicyclic amines) is 1. The fourth-order valence-electron chi connectivity index (χ4n) is 3.48. The summed E-state index contributed by atoms with van der Waals surface area (Å²) in [5, 5.41) is 11.0. The van der Waals surface area contributed by atoms with Crippen LogP contribution in [0.15, 0.2) is 48.3 Å². The smallest absolute Gasteiger partial charge is 0.295 e. The number of carbonyl (C=O) groups excluding carboxylic acids is 2. The van der Waals surface area contributed by atoms with Crippen molar-refractivity contribution in [1.29, 1.82) is 0 Å². The Bertz CT molecular complexity index is 954. The fraction of sp³-hybridized carbons (Fsp3) is 0.318. The highest BCUT2D eigenvalue weighted by molar-refractivity contribution is 6.46. The van der Waals surface area contributed by atoms with Gasteiger partial charge in [0, 0.05) is 31.0 Å². The number of aromatic nitrogens is 1. The number of aliphatic hydroxyl groups excluding tert-OH is 1. The first-order chi connectivity index (χ1) is 13.8. The zero-order valence-corrected chi connectivity index (χ0v) is 17.0. The van der Waals surface area contributed by atoms with Crippen LogP contribution in [0, 0.1) is 6.92 Å². The molecule has 1 N–H and O–H groups in total. The average molecular weight is 395 g/mol. The predicted molar refractivity (Wildman–Crippen MR) is 110 cm³/mol. The lowest BCUT2D eigenvalue weighted by Crippen LogP contribution is -2.35. The summed E-state index contributed by atoms with van der Waals surface area (Å²) in [6, 6.07) is 8.01. The number of aliphatic hydroxyl groups is 1. The third-order valence-electron chi connectivity index (χ3n) is 5.00. The van der Waals surface area contributed by atoms with Gasteiger partial charge in [0.05, 0.1) is 18.7 Å². The lowest BCUT2D eigenvalue weighted by molar-refractivity contribution is -0.140. The quantitative estimate of drug-likeness (QED) is 0.459. The number of rotatable bonds is 6. The van der Waals surface area contributed by atoms with Crippen LogP contribution in [0.4, 0.5) is 0 Å². The minimum atomic E-state index is -0.691. The van der Waals surface area contributed by atoms with Crippen molar-refractivity contribution in [3.63, 3.8) is 0 Å². The Morgan fingerprint density at radius 1 is 1.28 bits per heavy atom. The number of amides is 1. The van der Waals surface area contributed by atoms with Gasteiger partial charge in [0.2, 0.25) is 0 Å². The van der Waals surface area contributed by atoms with E-state index in [1.165, 1.54) is 4.90 Å². The van der Waals surface area contributed by atoms with E-state index in [0.717, 1.165) is 5.56 Å². The number of Topliss-reactive ketones (excluding diaryl/α,β-unsaturated/α-hetero) is 1. The van der Waals surface area contributed by atoms with E-state index in [9.17, 15) is 14.7 Å². The summed E-state index contributed by atoms with van der Waals surface area (Å²) >= 11 is 0. The van der Waals surface area contributed by atoms with Gasteiger partial charge in [-0.15, -0.1) is 0 Å². The Labute approximate surface area is 170 Å². The number of likely N-dealkylation sites (N-methyl/N-ethyl adjacent to an activating group) is 1. The monoisotopic (exact) mass is 395 g/mol. The number of aryl methyl sites for hydroxylation is 1. The van der Waals surface area contributed by atoms with Gasteiger partial charge in [-0.2, -0.15) is 0 Å². The van der Waals surface area contributed by atoms with Gasteiger partial charge in [-0.3, -0.25) is 14.6 Å². The summed E-state index contributed by atoms with van der Waals surface area (Å²) in [4.78, 5) is 33.3. The van der Waals surface area contributed by atoms with Crippen molar-refractivity contribution in [2.75, 3.05) is 34.3 Å². The van der Waals surface area contributed by atoms with Gasteiger partial charge in [0.1, 0.15) is 11.5 Å². The van der Waals surface area contributed by atoms with E-state index < -0.39 is 17.7 Å². The first kappa shape index (κ1) is 20.5. The van der Waals surface area contributed by atoms with Crippen molar-refractivity contribution in [3.05, 3.63) is 65.0 Å². The molecule has 0 saturated carbocycles. The standard InChI is InChI=1S/C22H25N3O4/c1-14-12-15(7-8-17(14)29-4)20(26)18-19(16-6-5-9-23-13-16)25(11-10-24(2)3)22(28)21(18)27/h5-9,12-13,19,26H,10-11H2,1-4H3/t19-/m0/s1. The molecule has 1 aliphatic heterocycles. The van der Waals surface area contributed by atoms with Crippen LogP contribution in [0.2, 0.25) is 0 Å². The van der Waals surface area contributed by atoms with Crippen molar-refractivity contribution in [1.82, 2.24) is 14.8 Å². The molecule has 0 bridgehead atoms. The highest BCUT2D eigenvalue weighted by atomic mass is 16.5. The Balaban J connectivity index is 2.13. The summed E-state index contributed by atoms with van der Waals surface area (Å²) < 4.78 is 5.27. The van der Waals surface area contributed by atoms with Gasteiger partial charge < -0.3 is 19.6 Å². The fourth-order valence-corrected chi connectivity index (χ4v) is 3.48. The number of methoxy groups -OCH3 is 1. The molecule has 152 valence electrons. The Hall–Kier alpha value is -3.19. The largest absolute Gasteiger partial charge is 0.507 e. The van der Waals surface area contributed by atoms with E-state index in [-0.39, 0.29) is 11.3 Å². The topological polar surface area (TPSA) is 83.0 Å². The highest BCUT2D eigenvalue weighted by Crippen LogP contribution is 2.39. The Morgan fingerprint density at radius 3 is 2.62 bits per heavy atom. The molecular weight excluding hydrogens is 370 g/mol. The number of hydrogen-bond acceptors (Lipinski definition) is 6. The normalized spacial score (nSPS) is 18.5. The Kier molecular flexibility index (Phi) is 5.98. The first-order valence-corrected chi connectivity index (χ1v) is 9.33. The zero-order valence-electron chi connectivity index (χ0n) is 17.0. The van der Waals surface area contributed by atoms with Crippen LogP contribution in [0.5, 0.6) is 5.75 Å². The lowest BCUT2D eigenvalue weighted by atomic mass is 9.95. The first-order valence-electron chi connectivity index (χ1n) is 9.33. The molecule has 3 rings (SSSR count). The molecule has 2 heterocycles. The summed E-state index contributed by atoms with van der Waals surface area (Å²) in [5.74, 6) is -0.830. The van der Waals surface area contributed by atoms with E-state index in [1.54, 1.807) is 49.8 Å². The maximum atomic E-state index is 12.9. The molecular formula is C22H25N3O4. The number of hydrogen-bond donors (Lipinski definition) is 1. The maximum absolute atomic E-state index is 12.9. The summed E-state index contributed by atoms with van der Waals surface area (Å²) in [7, 11) is 5.37. The van der Waals surface area contributed by atoms with Crippen molar-refractivity contribution in [2.45, 2.75) is 13.0 Å². The van der Waals surface area contributed by atoms with Gasteiger partial charge in [0.15, 0.2) is 0 Å². The average Bonchev–Trinajstić information content (AvgIpc) is 2.97. The molecule has 29 heavy (non-hydrogen) atoms. The molecule has 0 aliphatic carbocycles. The number of ketones is 1. The molecule has 0 spiro atoms. The third-order valence-corrected chi connectivity index (χ3v) is 5.00. The zero-order chi connectivity index (χ0) is 21.1. The number of pyridine rings is 1. The molecule has 1 atom stereocenters. The van der Waals surface area contributed by atoms with E-state index in [1.807, 2.05) is 25.9 Å². The van der Waals surface area contributed by atoms with E-state index in [2.05, 4.69) is 4.98 Å². The highest BCUT2D eigenvalue weighted by Gasteiger charge is 2.46. The summed E-state index contributed by atoms with van der Waals surface area (Å²) in [5.41, 5.74) is 2.03. The molecule has 2 aromatic rings. The molecule has 1 aromatic heterocycles. The molecule has 0 unspecified atom stereocenters. The molecule has 1 aliphatic rings. The van der Waals surface area contributed by atoms with Crippen molar-refractivity contribution >= 4 is 17.4 Å². The van der Waals surface area contributed by atoms with Crippen molar-refractivity contribution in [2.24, 2.45) is 0 Å². The van der Waals surface area contributed by atoms with Gasteiger partial charge >= 0.3 is 0 Å². The van der Waals surface area contributed by atoms with Crippen LogP contribution in [-0.4, -0.2) is 65.9 Å². The molecule has 1 aromatic carbocycles. The van der Waals surface area contributed by atoms with Gasteiger partial charge in [-0.1, -0.05) is 6.07 Å². The molecule has 1 amide bonds. The van der Waals surface area contributed by atoms with Crippen LogP contribution in [0.1, 0.15) is 22.7 Å². The third kappa shape index (κ3) is 4.00. The van der Waals surface area contributed by atoms with Crippen molar-refractivity contribution < 1.29 is 19.4 Å². The summed E-state index contributed by atoms with van der Waals surface area (Å²) in [6.45, 7) is 2.80. The maximum Gasteiger partial charge on any atom is 0.295 e. The second-order valence-electron chi connectivity index (χ2n) is 7.27. The minimum Gasteiger partial charge on any atom is -0.507 e. The van der Waals surface area contributed by atoms with Gasteiger partial charge in [-0.05, 0) is 56.4 Å². The molecule has 1 fully saturated rings. The molecule has 0 radical (unpaired) electrons. The predicted octanol–water partition coefficient (Wildman–Crippen LogP) is 2.38. The van der Waals surface area contributed by atoms with E-state index in [0.29, 0.717) is 30.0 Å². The van der Waals surface area contributed by atoms with Crippen LogP contribution in [0.3, 0.4) is 0 Å². The van der Waals surface area contributed by atoms with Crippen LogP contribution >= 0.6 is 0 Å². The second kappa shape index (κ2) is 8.45. The number of ether oxygens (including phenoxy) is 1. The van der Waals surface area contributed by atoms with Gasteiger partial charge in [-0.25, -0.2) is 0 Å². The van der Waals surface area contributed by atoms with Crippen LogP contribution in [-0.2, 0) is 9.59 Å². The Morgan fingerprint density at radius 2 is 2.03 bits per heavy atom. The number of benzene rings is 1. The van der Waals surface area contributed by atoms with Crippen molar-refractivity contribution in [3.8, 4) is 5.75 Å². The van der Waals surface area contributed by atoms with E-state index >= 15 is 0 Å². The molecule has 7 heteroatoms. The lowest BCUT2D eigenvalue weighted by Gasteiger charge is -2.26. The minimum absolute atomic E-state index is 0.0753. The summed E-state index contributed by atoms with van der Waals surface area (Å²) in [6.07, 6.45) is 3.24.